The molecule has 4 atom stereocenters. The van der Waals surface area contributed by atoms with Gasteiger partial charge in [-0.2, -0.15) is 0 Å². The van der Waals surface area contributed by atoms with Gasteiger partial charge in [-0.1, -0.05) is 17.7 Å². The van der Waals surface area contributed by atoms with Crippen LogP contribution in [-0.4, -0.2) is 43.0 Å². The molecular formula is C16H19FO5. The Kier molecular flexibility index (Phi) is 3.92. The van der Waals surface area contributed by atoms with Gasteiger partial charge in [-0.15, -0.1) is 0 Å². The summed E-state index contributed by atoms with van der Waals surface area (Å²) in [4.78, 5) is 12.0. The first-order valence-electron chi connectivity index (χ1n) is 7.25. The van der Waals surface area contributed by atoms with Crippen LogP contribution < -0.4 is 0 Å². The summed E-state index contributed by atoms with van der Waals surface area (Å²) in [6, 6.07) is 7.07. The molecule has 3 rings (SSSR count). The van der Waals surface area contributed by atoms with E-state index in [9.17, 15) is 9.18 Å². The lowest BCUT2D eigenvalue weighted by atomic mass is 10.1. The molecular weight excluding hydrogens is 291 g/mol. The van der Waals surface area contributed by atoms with Gasteiger partial charge in [-0.05, 0) is 32.9 Å². The molecule has 0 unspecified atom stereocenters. The lowest BCUT2D eigenvalue weighted by molar-refractivity contribution is -0.207. The third-order valence-corrected chi connectivity index (χ3v) is 3.73. The zero-order valence-electron chi connectivity index (χ0n) is 12.7. The zero-order chi connectivity index (χ0) is 15.9. The van der Waals surface area contributed by atoms with E-state index in [0.29, 0.717) is 5.56 Å². The highest BCUT2D eigenvalue weighted by Crippen LogP contribution is 2.39. The minimum absolute atomic E-state index is 0.0756. The molecule has 2 fully saturated rings. The van der Waals surface area contributed by atoms with Gasteiger partial charge in [0.15, 0.2) is 5.79 Å². The largest absolute Gasteiger partial charge is 0.459 e. The van der Waals surface area contributed by atoms with Gasteiger partial charge in [-0.25, -0.2) is 9.18 Å². The molecule has 0 amide bonds. The molecule has 2 aliphatic heterocycles. The summed E-state index contributed by atoms with van der Waals surface area (Å²) in [5.74, 6) is -1.33. The highest BCUT2D eigenvalue weighted by molar-refractivity contribution is 5.89. The fourth-order valence-corrected chi connectivity index (χ4v) is 2.78. The first-order chi connectivity index (χ1) is 10.4. The summed E-state index contributed by atoms with van der Waals surface area (Å²) in [6.45, 7) is 5.25. The Morgan fingerprint density at radius 1 is 1.32 bits per heavy atom. The number of esters is 1. The number of benzene rings is 1. The van der Waals surface area contributed by atoms with E-state index < -0.39 is 36.4 Å². The second kappa shape index (κ2) is 5.61. The predicted molar refractivity (Wildman–Crippen MR) is 75.1 cm³/mol. The van der Waals surface area contributed by atoms with E-state index in [2.05, 4.69) is 0 Å². The molecule has 0 aliphatic carbocycles. The fourth-order valence-electron chi connectivity index (χ4n) is 2.78. The Morgan fingerprint density at radius 3 is 2.77 bits per heavy atom. The van der Waals surface area contributed by atoms with Crippen LogP contribution in [0.15, 0.2) is 24.3 Å². The normalized spacial score (nSPS) is 32.7. The molecule has 0 spiro atoms. The van der Waals surface area contributed by atoms with Crippen molar-refractivity contribution in [1.29, 1.82) is 0 Å². The number of ether oxygens (including phenoxy) is 4. The van der Waals surface area contributed by atoms with Crippen molar-refractivity contribution in [2.45, 2.75) is 51.2 Å². The molecule has 0 saturated carbocycles. The van der Waals surface area contributed by atoms with Crippen molar-refractivity contribution in [1.82, 2.24) is 0 Å². The second-order valence-corrected chi connectivity index (χ2v) is 6.06. The van der Waals surface area contributed by atoms with Gasteiger partial charge in [0.05, 0.1) is 5.56 Å². The Balaban J connectivity index is 1.61. The standard InChI is InChI=1S/C16H19FO5/c1-9-5-4-6-10(7-9)15(18)19-8-11-12-13(14(17)20-11)22-16(2,3)21-12/h4-7,11-14H,8H2,1-3H3/t11-,12-,13-,14+/m1/s1. The van der Waals surface area contributed by atoms with Gasteiger partial charge >= 0.3 is 5.97 Å². The number of alkyl halides is 1. The molecule has 22 heavy (non-hydrogen) atoms. The Bertz CT molecular complexity index is 573. The maximum absolute atomic E-state index is 13.8. The summed E-state index contributed by atoms with van der Waals surface area (Å²) in [5, 5.41) is 0. The van der Waals surface area contributed by atoms with Crippen LogP contribution >= 0.6 is 0 Å². The van der Waals surface area contributed by atoms with Crippen molar-refractivity contribution >= 4 is 5.97 Å². The number of carbonyl (C=O) groups excluding carboxylic acids is 1. The van der Waals surface area contributed by atoms with Gasteiger partial charge in [0.1, 0.15) is 24.9 Å². The Morgan fingerprint density at radius 2 is 2.05 bits per heavy atom. The first kappa shape index (κ1) is 15.4. The van der Waals surface area contributed by atoms with Crippen LogP contribution in [0.5, 0.6) is 0 Å². The fraction of sp³-hybridized carbons (Fsp3) is 0.562. The molecule has 1 aromatic carbocycles. The van der Waals surface area contributed by atoms with Gasteiger partial charge in [0, 0.05) is 0 Å². The molecule has 0 N–H and O–H groups in total. The summed E-state index contributed by atoms with van der Waals surface area (Å²) < 4.78 is 35.3. The minimum atomic E-state index is -1.57. The SMILES string of the molecule is Cc1cccc(C(=O)OC[C@H]2O[C@H](F)[C@@H]3OC(C)(C)O[C@@H]32)c1. The van der Waals surface area contributed by atoms with Crippen LogP contribution in [-0.2, 0) is 18.9 Å². The number of fused-ring (bicyclic) bond motifs is 1. The van der Waals surface area contributed by atoms with E-state index in [-0.39, 0.29) is 6.61 Å². The summed E-state index contributed by atoms with van der Waals surface area (Å²) in [6.07, 6.45) is -3.60. The molecule has 2 saturated heterocycles. The molecule has 5 nitrogen and oxygen atoms in total. The monoisotopic (exact) mass is 310 g/mol. The topological polar surface area (TPSA) is 54.0 Å². The summed E-state index contributed by atoms with van der Waals surface area (Å²) in [5.41, 5.74) is 1.42. The van der Waals surface area contributed by atoms with Gasteiger partial charge in [0.2, 0.25) is 6.36 Å². The minimum Gasteiger partial charge on any atom is -0.459 e. The van der Waals surface area contributed by atoms with E-state index in [1.807, 2.05) is 13.0 Å². The Hall–Kier alpha value is -1.50. The van der Waals surface area contributed by atoms with Crippen molar-refractivity contribution in [3.63, 3.8) is 0 Å². The van der Waals surface area contributed by atoms with Crippen LogP contribution in [0.4, 0.5) is 4.39 Å². The summed E-state index contributed by atoms with van der Waals surface area (Å²) >= 11 is 0. The van der Waals surface area contributed by atoms with Crippen molar-refractivity contribution in [2.24, 2.45) is 0 Å². The molecule has 0 radical (unpaired) electrons. The summed E-state index contributed by atoms with van der Waals surface area (Å²) in [7, 11) is 0. The molecule has 2 aliphatic rings. The zero-order valence-corrected chi connectivity index (χ0v) is 12.7. The number of hydrogen-bond acceptors (Lipinski definition) is 5. The average molecular weight is 310 g/mol. The number of hydrogen-bond donors (Lipinski definition) is 0. The van der Waals surface area contributed by atoms with Crippen molar-refractivity contribution in [3.8, 4) is 0 Å². The number of rotatable bonds is 3. The van der Waals surface area contributed by atoms with Gasteiger partial charge in [-0.3, -0.25) is 0 Å². The quantitative estimate of drug-likeness (QED) is 0.802. The molecule has 2 heterocycles. The van der Waals surface area contributed by atoms with E-state index in [4.69, 9.17) is 18.9 Å². The van der Waals surface area contributed by atoms with Crippen LogP contribution in [0, 0.1) is 6.92 Å². The highest BCUT2D eigenvalue weighted by Gasteiger charge is 2.56. The van der Waals surface area contributed by atoms with E-state index in [0.717, 1.165) is 5.56 Å². The molecule has 0 aromatic heterocycles. The van der Waals surface area contributed by atoms with Crippen molar-refractivity contribution in [2.75, 3.05) is 6.61 Å². The van der Waals surface area contributed by atoms with Crippen molar-refractivity contribution in [3.05, 3.63) is 35.4 Å². The van der Waals surface area contributed by atoms with Crippen LogP contribution in [0.1, 0.15) is 29.8 Å². The third kappa shape index (κ3) is 2.99. The Labute approximate surface area is 128 Å². The first-order valence-corrected chi connectivity index (χ1v) is 7.25. The smallest absolute Gasteiger partial charge is 0.338 e. The number of halogens is 1. The lowest BCUT2D eigenvalue weighted by Gasteiger charge is -2.22. The molecule has 120 valence electrons. The van der Waals surface area contributed by atoms with Crippen LogP contribution in [0.2, 0.25) is 0 Å². The van der Waals surface area contributed by atoms with Crippen molar-refractivity contribution < 1.29 is 28.1 Å². The van der Waals surface area contributed by atoms with Crippen LogP contribution in [0.3, 0.4) is 0 Å². The van der Waals surface area contributed by atoms with E-state index >= 15 is 0 Å². The van der Waals surface area contributed by atoms with Crippen LogP contribution in [0.25, 0.3) is 0 Å². The average Bonchev–Trinajstić information content (AvgIpc) is 2.91. The number of carbonyl (C=O) groups is 1. The number of aryl methyl sites for hydroxylation is 1. The maximum atomic E-state index is 13.8. The highest BCUT2D eigenvalue weighted by atomic mass is 19.1. The van der Waals surface area contributed by atoms with E-state index in [1.165, 1.54) is 0 Å². The second-order valence-electron chi connectivity index (χ2n) is 6.06. The predicted octanol–water partition coefficient (Wildman–Crippen LogP) is 2.37. The molecule has 6 heteroatoms. The lowest BCUT2D eigenvalue weighted by Crippen LogP contribution is -2.33. The maximum Gasteiger partial charge on any atom is 0.338 e. The molecule has 1 aromatic rings. The molecule has 0 bridgehead atoms. The van der Waals surface area contributed by atoms with Gasteiger partial charge < -0.3 is 18.9 Å². The third-order valence-electron chi connectivity index (χ3n) is 3.73. The van der Waals surface area contributed by atoms with Gasteiger partial charge in [0.25, 0.3) is 0 Å². The van der Waals surface area contributed by atoms with E-state index in [1.54, 1.807) is 32.0 Å².